The lowest BCUT2D eigenvalue weighted by Crippen LogP contribution is -2.22. The molecule has 2 atom stereocenters. The third-order valence-corrected chi connectivity index (χ3v) is 2.75. The second-order valence-electron chi connectivity index (χ2n) is 3.61. The van der Waals surface area contributed by atoms with Gasteiger partial charge in [-0.1, -0.05) is 0 Å². The summed E-state index contributed by atoms with van der Waals surface area (Å²) in [5.74, 6) is 0. The highest BCUT2D eigenvalue weighted by Crippen LogP contribution is 2.37. The number of aromatic nitrogens is 1. The fourth-order valence-electron chi connectivity index (χ4n) is 2.11. The van der Waals surface area contributed by atoms with Crippen molar-refractivity contribution in [3.63, 3.8) is 0 Å². The minimum atomic E-state index is 0.0952. The summed E-state index contributed by atoms with van der Waals surface area (Å²) in [6.45, 7) is 0. The predicted octanol–water partition coefficient (Wildman–Crippen LogP) is 1.14. The molecule has 0 amide bonds. The minimum absolute atomic E-state index is 0.0952. The van der Waals surface area contributed by atoms with Crippen LogP contribution in [-0.2, 0) is 4.74 Å². The van der Waals surface area contributed by atoms with Crippen molar-refractivity contribution in [2.45, 2.75) is 25.0 Å². The Balaban J connectivity index is 2.09. The quantitative estimate of drug-likeness (QED) is 0.670. The molecule has 2 aliphatic heterocycles. The van der Waals surface area contributed by atoms with Crippen molar-refractivity contribution in [2.75, 3.05) is 0 Å². The van der Waals surface area contributed by atoms with Crippen molar-refractivity contribution in [1.82, 2.24) is 0 Å². The number of fused-ring (bicyclic) bond motifs is 2. The van der Waals surface area contributed by atoms with Crippen molar-refractivity contribution >= 4 is 5.57 Å². The maximum atomic E-state index is 11.3. The zero-order valence-electron chi connectivity index (χ0n) is 7.55. The van der Waals surface area contributed by atoms with Gasteiger partial charge in [0.25, 0.3) is 4.60 Å². The van der Waals surface area contributed by atoms with E-state index >= 15 is 0 Å². The van der Waals surface area contributed by atoms with E-state index in [0.717, 1.165) is 18.4 Å². The standard InChI is InChI=1S/C10H10NO3/c12-11-9(2-1-5-13-11)8-6-7-3-4-10(8)14-7/h1-2,5-7,10H,3-4H2/q+1. The molecule has 0 saturated carbocycles. The normalized spacial score (nSPS) is 29.3. The Kier molecular flexibility index (Phi) is 1.58. The lowest BCUT2D eigenvalue weighted by atomic mass is 9.97. The molecule has 1 aromatic rings. The van der Waals surface area contributed by atoms with Crippen molar-refractivity contribution < 1.29 is 13.9 Å². The van der Waals surface area contributed by atoms with Gasteiger partial charge in [-0.25, -0.2) is 0 Å². The zero-order chi connectivity index (χ0) is 9.54. The summed E-state index contributed by atoms with van der Waals surface area (Å²) in [4.78, 5) is 11.3. The van der Waals surface area contributed by atoms with Gasteiger partial charge in [0, 0.05) is 6.07 Å². The molecule has 1 fully saturated rings. The van der Waals surface area contributed by atoms with Crippen LogP contribution in [0.2, 0.25) is 0 Å². The summed E-state index contributed by atoms with van der Waals surface area (Å²) >= 11 is 0. The number of hydrogen-bond acceptors (Lipinski definition) is 3. The Morgan fingerprint density at radius 3 is 3.00 bits per heavy atom. The average Bonchev–Trinajstić information content (AvgIpc) is 2.79. The first kappa shape index (κ1) is 7.94. The van der Waals surface area contributed by atoms with Crippen molar-refractivity contribution in [3.8, 4) is 0 Å². The second-order valence-corrected chi connectivity index (χ2v) is 3.61. The average molecular weight is 192 g/mol. The summed E-state index contributed by atoms with van der Waals surface area (Å²) in [6, 6.07) is 3.48. The van der Waals surface area contributed by atoms with Crippen LogP contribution in [0.25, 0.3) is 5.57 Å². The van der Waals surface area contributed by atoms with Crippen LogP contribution in [0.15, 0.2) is 29.0 Å². The van der Waals surface area contributed by atoms with Gasteiger partial charge in [0.1, 0.15) is 0 Å². The molecule has 0 N–H and O–H groups in total. The Hall–Kier alpha value is -1.42. The van der Waals surface area contributed by atoms with E-state index in [2.05, 4.69) is 0 Å². The molecule has 3 heterocycles. The minimum Gasteiger partial charge on any atom is -0.366 e. The summed E-state index contributed by atoms with van der Waals surface area (Å²) in [5, 5.41) is 0. The second kappa shape index (κ2) is 2.78. The Bertz CT molecular complexity index is 449. The van der Waals surface area contributed by atoms with Crippen LogP contribution in [-0.4, -0.2) is 12.2 Å². The van der Waals surface area contributed by atoms with E-state index in [0.29, 0.717) is 10.3 Å². The third-order valence-electron chi connectivity index (χ3n) is 2.75. The van der Waals surface area contributed by atoms with E-state index in [4.69, 9.17) is 9.26 Å². The van der Waals surface area contributed by atoms with E-state index in [1.807, 2.05) is 6.08 Å². The van der Waals surface area contributed by atoms with E-state index < -0.39 is 0 Å². The highest BCUT2D eigenvalue weighted by atomic mass is 16.6. The lowest BCUT2D eigenvalue weighted by Gasteiger charge is -2.03. The van der Waals surface area contributed by atoms with Gasteiger partial charge in [-0.2, -0.15) is 4.52 Å². The molecule has 0 aliphatic carbocycles. The first-order valence-electron chi connectivity index (χ1n) is 4.73. The van der Waals surface area contributed by atoms with Crippen LogP contribution < -0.4 is 4.60 Å². The Labute approximate surface area is 80.4 Å². The van der Waals surface area contributed by atoms with Gasteiger partial charge >= 0.3 is 5.69 Å². The lowest BCUT2D eigenvalue weighted by molar-refractivity contribution is -0.710. The molecule has 14 heavy (non-hydrogen) atoms. The van der Waals surface area contributed by atoms with Gasteiger partial charge in [0.05, 0.1) is 22.7 Å². The summed E-state index contributed by atoms with van der Waals surface area (Å²) in [6.07, 6.45) is 5.76. The molecule has 4 heteroatoms. The zero-order valence-corrected chi connectivity index (χ0v) is 7.55. The maximum absolute atomic E-state index is 11.3. The predicted molar refractivity (Wildman–Crippen MR) is 47.9 cm³/mol. The number of hydrogen-bond donors (Lipinski definition) is 0. The van der Waals surface area contributed by atoms with E-state index in [-0.39, 0.29) is 12.2 Å². The molecule has 2 bridgehead atoms. The molecule has 4 nitrogen and oxygen atoms in total. The Morgan fingerprint density at radius 1 is 1.43 bits per heavy atom. The van der Waals surface area contributed by atoms with Crippen LogP contribution in [0.1, 0.15) is 18.5 Å². The Morgan fingerprint density at radius 2 is 2.36 bits per heavy atom. The molecule has 72 valence electrons. The molecule has 0 radical (unpaired) electrons. The van der Waals surface area contributed by atoms with E-state index in [1.165, 1.54) is 6.26 Å². The molecule has 2 aliphatic rings. The van der Waals surface area contributed by atoms with Gasteiger partial charge in [-0.3, -0.25) is 0 Å². The van der Waals surface area contributed by atoms with Crippen molar-refractivity contribution in [3.05, 3.63) is 35.1 Å². The number of ether oxygens (including phenoxy) is 1. The van der Waals surface area contributed by atoms with Gasteiger partial charge in [-0.05, 0) is 25.0 Å². The highest BCUT2D eigenvalue weighted by molar-refractivity contribution is 5.67. The monoisotopic (exact) mass is 192 g/mol. The summed E-state index contributed by atoms with van der Waals surface area (Å²) < 4.78 is 10.9. The molecule has 1 aromatic heterocycles. The van der Waals surface area contributed by atoms with Gasteiger partial charge in [0.2, 0.25) is 0 Å². The molecule has 2 unspecified atom stereocenters. The van der Waals surface area contributed by atoms with Crippen LogP contribution in [0.5, 0.6) is 0 Å². The molecular formula is C10H10NO3+. The maximum Gasteiger partial charge on any atom is 0.322 e. The molecule has 3 rings (SSSR count). The SMILES string of the molecule is O=[n+]1occcc1C1=CC2CCC1O2. The van der Waals surface area contributed by atoms with Crippen molar-refractivity contribution in [1.29, 1.82) is 0 Å². The number of rotatable bonds is 1. The molecular weight excluding hydrogens is 182 g/mol. The molecule has 0 spiro atoms. The summed E-state index contributed by atoms with van der Waals surface area (Å²) in [5.41, 5.74) is 1.54. The van der Waals surface area contributed by atoms with Gasteiger partial charge in [-0.15, -0.1) is 0 Å². The van der Waals surface area contributed by atoms with Gasteiger partial charge in [0.15, 0.2) is 6.26 Å². The smallest absolute Gasteiger partial charge is 0.322 e. The van der Waals surface area contributed by atoms with Crippen molar-refractivity contribution in [2.24, 2.45) is 0 Å². The van der Waals surface area contributed by atoms with Crippen LogP contribution in [0.3, 0.4) is 0 Å². The fourth-order valence-corrected chi connectivity index (χ4v) is 2.11. The third kappa shape index (κ3) is 1.04. The van der Waals surface area contributed by atoms with Crippen LogP contribution in [0.4, 0.5) is 0 Å². The van der Waals surface area contributed by atoms with Crippen LogP contribution >= 0.6 is 0 Å². The topological polar surface area (TPSA) is 45.3 Å². The molecule has 0 aromatic carbocycles. The van der Waals surface area contributed by atoms with Gasteiger partial charge < -0.3 is 4.74 Å². The number of nitrogens with zero attached hydrogens (tertiary/aromatic N) is 1. The first-order valence-corrected chi connectivity index (χ1v) is 4.73. The molecule has 1 saturated heterocycles. The fraction of sp³-hybridized carbons (Fsp3) is 0.400. The van der Waals surface area contributed by atoms with E-state index in [1.54, 1.807) is 12.1 Å². The first-order chi connectivity index (χ1) is 6.84. The van der Waals surface area contributed by atoms with E-state index in [9.17, 15) is 4.91 Å². The highest BCUT2D eigenvalue weighted by Gasteiger charge is 2.38. The largest absolute Gasteiger partial charge is 0.366 e. The summed E-state index contributed by atoms with van der Waals surface area (Å²) in [7, 11) is 0. The van der Waals surface area contributed by atoms with Crippen LogP contribution in [0, 0.1) is 4.91 Å².